The first-order chi connectivity index (χ1) is 6.56. The summed E-state index contributed by atoms with van der Waals surface area (Å²) in [4.78, 5) is 11.1. The second-order valence-electron chi connectivity index (χ2n) is 2.86. The quantitative estimate of drug-likeness (QED) is 0.620. The maximum atomic E-state index is 11.1. The van der Waals surface area contributed by atoms with E-state index in [9.17, 15) is 4.79 Å². The third-order valence-electron chi connectivity index (χ3n) is 1.78. The maximum Gasteiger partial charge on any atom is 0.161 e. The molecule has 1 aromatic rings. The Kier molecular flexibility index (Phi) is 3.36. The number of carbonyl (C=O) groups is 1. The van der Waals surface area contributed by atoms with Crippen molar-refractivity contribution in [1.29, 1.82) is 0 Å². The number of ether oxygens (including phenoxy) is 1. The van der Waals surface area contributed by atoms with Gasteiger partial charge in [0.1, 0.15) is 5.75 Å². The molecule has 0 saturated carbocycles. The van der Waals surface area contributed by atoms with Crippen LogP contribution in [-0.2, 0) is 0 Å². The molecule has 1 aromatic carbocycles. The Morgan fingerprint density at radius 2 is 2.21 bits per heavy atom. The van der Waals surface area contributed by atoms with Crippen LogP contribution in [0.2, 0.25) is 5.02 Å². The van der Waals surface area contributed by atoms with Gasteiger partial charge in [-0.05, 0) is 19.9 Å². The van der Waals surface area contributed by atoms with Crippen LogP contribution in [0.1, 0.15) is 24.2 Å². The molecule has 0 saturated heterocycles. The predicted octanol–water partition coefficient (Wildman–Crippen LogP) is 2.52. The van der Waals surface area contributed by atoms with Gasteiger partial charge in [0.2, 0.25) is 0 Å². The Morgan fingerprint density at radius 1 is 1.57 bits per heavy atom. The van der Waals surface area contributed by atoms with E-state index in [0.29, 0.717) is 28.6 Å². The van der Waals surface area contributed by atoms with E-state index in [1.165, 1.54) is 13.0 Å². The third-order valence-corrected chi connectivity index (χ3v) is 2.08. The zero-order valence-corrected chi connectivity index (χ0v) is 8.89. The van der Waals surface area contributed by atoms with Crippen LogP contribution in [0.4, 0.5) is 5.69 Å². The first kappa shape index (κ1) is 10.9. The molecule has 4 heteroatoms. The molecular formula is C10H12ClNO2. The zero-order valence-electron chi connectivity index (χ0n) is 8.13. The van der Waals surface area contributed by atoms with Gasteiger partial charge in [-0.15, -0.1) is 0 Å². The zero-order chi connectivity index (χ0) is 10.7. The van der Waals surface area contributed by atoms with Crippen LogP contribution in [0.5, 0.6) is 5.75 Å². The third kappa shape index (κ3) is 2.17. The van der Waals surface area contributed by atoms with E-state index >= 15 is 0 Å². The van der Waals surface area contributed by atoms with Crippen molar-refractivity contribution in [3.8, 4) is 5.75 Å². The molecular weight excluding hydrogens is 202 g/mol. The van der Waals surface area contributed by atoms with Gasteiger partial charge in [-0.2, -0.15) is 0 Å². The van der Waals surface area contributed by atoms with Gasteiger partial charge in [-0.25, -0.2) is 0 Å². The first-order valence-electron chi connectivity index (χ1n) is 4.29. The van der Waals surface area contributed by atoms with E-state index in [4.69, 9.17) is 22.1 Å². The molecule has 14 heavy (non-hydrogen) atoms. The number of nitrogen functional groups attached to an aromatic ring is 1. The molecule has 0 heterocycles. The first-order valence-corrected chi connectivity index (χ1v) is 4.66. The summed E-state index contributed by atoms with van der Waals surface area (Å²) in [6.45, 7) is 3.81. The van der Waals surface area contributed by atoms with Crippen LogP contribution >= 0.6 is 11.6 Å². The maximum absolute atomic E-state index is 11.1. The molecule has 0 spiro atoms. The number of carbonyl (C=O) groups excluding carboxylic acids is 1. The van der Waals surface area contributed by atoms with Crippen molar-refractivity contribution in [3.63, 3.8) is 0 Å². The number of halogens is 1. The summed E-state index contributed by atoms with van der Waals surface area (Å²) < 4.78 is 5.23. The van der Waals surface area contributed by atoms with Crippen LogP contribution < -0.4 is 10.5 Å². The lowest BCUT2D eigenvalue weighted by Gasteiger charge is -2.08. The lowest BCUT2D eigenvalue weighted by atomic mass is 10.1. The fourth-order valence-corrected chi connectivity index (χ4v) is 1.36. The van der Waals surface area contributed by atoms with E-state index in [2.05, 4.69) is 0 Å². The molecule has 0 aliphatic heterocycles. The van der Waals surface area contributed by atoms with Crippen LogP contribution in [-0.4, -0.2) is 12.4 Å². The number of benzene rings is 1. The minimum Gasteiger partial charge on any atom is -0.492 e. The summed E-state index contributed by atoms with van der Waals surface area (Å²) in [5.41, 5.74) is 6.48. The van der Waals surface area contributed by atoms with Gasteiger partial charge in [0.25, 0.3) is 0 Å². The van der Waals surface area contributed by atoms with E-state index in [-0.39, 0.29) is 5.78 Å². The molecule has 0 bridgehead atoms. The molecule has 0 aromatic heterocycles. The minimum atomic E-state index is -0.104. The molecule has 1 rings (SSSR count). The van der Waals surface area contributed by atoms with Gasteiger partial charge in [0.15, 0.2) is 5.78 Å². The predicted molar refractivity (Wildman–Crippen MR) is 57.0 cm³/mol. The normalized spacial score (nSPS) is 9.93. The van der Waals surface area contributed by atoms with E-state index in [1.54, 1.807) is 6.07 Å². The van der Waals surface area contributed by atoms with Crippen molar-refractivity contribution in [2.75, 3.05) is 12.3 Å². The van der Waals surface area contributed by atoms with Gasteiger partial charge >= 0.3 is 0 Å². The Balaban J connectivity index is 3.17. The topological polar surface area (TPSA) is 52.3 Å². The second kappa shape index (κ2) is 4.33. The summed E-state index contributed by atoms with van der Waals surface area (Å²) >= 11 is 5.89. The van der Waals surface area contributed by atoms with Crippen LogP contribution in [0, 0.1) is 0 Å². The average Bonchev–Trinajstić information content (AvgIpc) is 2.10. The van der Waals surface area contributed by atoms with Crippen molar-refractivity contribution in [3.05, 3.63) is 22.7 Å². The van der Waals surface area contributed by atoms with Crippen molar-refractivity contribution >= 4 is 23.1 Å². The summed E-state index contributed by atoms with van der Waals surface area (Å²) in [5.74, 6) is 0.407. The van der Waals surface area contributed by atoms with Gasteiger partial charge in [-0.3, -0.25) is 4.79 Å². The molecule has 0 aliphatic rings. The number of Topliss-reactive ketones (excluding diaryl/α,β-unsaturated/α-hetero) is 1. The van der Waals surface area contributed by atoms with Crippen LogP contribution in [0.25, 0.3) is 0 Å². The molecule has 0 radical (unpaired) electrons. The largest absolute Gasteiger partial charge is 0.492 e. The summed E-state index contributed by atoms with van der Waals surface area (Å²) in [7, 11) is 0. The summed E-state index contributed by atoms with van der Waals surface area (Å²) in [5, 5.41) is 0.409. The van der Waals surface area contributed by atoms with E-state index in [0.717, 1.165) is 0 Å². The minimum absolute atomic E-state index is 0.104. The standard InChI is InChI=1S/C10H12ClNO2/c1-3-14-10-5-9(12)7(6(2)13)4-8(10)11/h4-5H,3,12H2,1-2H3. The van der Waals surface area contributed by atoms with Crippen LogP contribution in [0.15, 0.2) is 12.1 Å². The lowest BCUT2D eigenvalue weighted by molar-refractivity contribution is 0.101. The molecule has 0 amide bonds. The Morgan fingerprint density at radius 3 is 2.71 bits per heavy atom. The molecule has 0 atom stereocenters. The number of hydrogen-bond donors (Lipinski definition) is 1. The molecule has 3 nitrogen and oxygen atoms in total. The highest BCUT2D eigenvalue weighted by molar-refractivity contribution is 6.32. The highest BCUT2D eigenvalue weighted by Crippen LogP contribution is 2.29. The monoisotopic (exact) mass is 213 g/mol. The fraction of sp³-hybridized carbons (Fsp3) is 0.300. The average molecular weight is 214 g/mol. The van der Waals surface area contributed by atoms with Crippen molar-refractivity contribution in [2.24, 2.45) is 0 Å². The molecule has 2 N–H and O–H groups in total. The van der Waals surface area contributed by atoms with Gasteiger partial charge < -0.3 is 10.5 Å². The lowest BCUT2D eigenvalue weighted by Crippen LogP contribution is -2.01. The Hall–Kier alpha value is -1.22. The van der Waals surface area contributed by atoms with E-state index in [1.807, 2.05) is 6.92 Å². The molecule has 0 aliphatic carbocycles. The number of anilines is 1. The molecule has 0 fully saturated rings. The summed E-state index contributed by atoms with van der Waals surface area (Å²) in [6.07, 6.45) is 0. The van der Waals surface area contributed by atoms with E-state index < -0.39 is 0 Å². The molecule has 76 valence electrons. The highest BCUT2D eigenvalue weighted by atomic mass is 35.5. The Labute approximate surface area is 87.8 Å². The summed E-state index contributed by atoms with van der Waals surface area (Å²) in [6, 6.07) is 3.10. The number of ketones is 1. The van der Waals surface area contributed by atoms with Gasteiger partial charge in [0.05, 0.1) is 11.6 Å². The number of rotatable bonds is 3. The highest BCUT2D eigenvalue weighted by Gasteiger charge is 2.10. The SMILES string of the molecule is CCOc1cc(N)c(C(C)=O)cc1Cl. The fourth-order valence-electron chi connectivity index (χ4n) is 1.14. The van der Waals surface area contributed by atoms with Crippen molar-refractivity contribution in [2.45, 2.75) is 13.8 Å². The smallest absolute Gasteiger partial charge is 0.161 e. The van der Waals surface area contributed by atoms with Crippen LogP contribution in [0.3, 0.4) is 0 Å². The van der Waals surface area contributed by atoms with Crippen molar-refractivity contribution < 1.29 is 9.53 Å². The Bertz CT molecular complexity index is 363. The van der Waals surface area contributed by atoms with Gasteiger partial charge in [-0.1, -0.05) is 11.6 Å². The number of hydrogen-bond acceptors (Lipinski definition) is 3. The molecule has 0 unspecified atom stereocenters. The number of nitrogens with two attached hydrogens (primary N) is 1. The second-order valence-corrected chi connectivity index (χ2v) is 3.27. The van der Waals surface area contributed by atoms with Crippen molar-refractivity contribution in [1.82, 2.24) is 0 Å². The van der Waals surface area contributed by atoms with Gasteiger partial charge in [0, 0.05) is 17.3 Å².